The van der Waals surface area contributed by atoms with Crippen LogP contribution in [0.5, 0.6) is 0 Å². The van der Waals surface area contributed by atoms with Crippen molar-refractivity contribution in [3.8, 4) is 0 Å². The van der Waals surface area contributed by atoms with Crippen LogP contribution in [0.2, 0.25) is 0 Å². The van der Waals surface area contributed by atoms with Crippen LogP contribution >= 0.6 is 0 Å². The highest BCUT2D eigenvalue weighted by Crippen LogP contribution is 2.23. The summed E-state index contributed by atoms with van der Waals surface area (Å²) in [5.74, 6) is 0. The maximum Gasteiger partial charge on any atom is 0.321 e. The lowest BCUT2D eigenvalue weighted by Gasteiger charge is -2.26. The fourth-order valence-electron chi connectivity index (χ4n) is 3.53. The molecule has 1 heterocycles. The minimum absolute atomic E-state index is 0.0321. The van der Waals surface area contributed by atoms with Gasteiger partial charge in [0.05, 0.1) is 0 Å². The third kappa shape index (κ3) is 3.61. The monoisotopic (exact) mass is 303 g/mol. The molecule has 0 radical (unpaired) electrons. The number of amides is 2. The van der Waals surface area contributed by atoms with E-state index in [1.165, 1.54) is 5.56 Å². The summed E-state index contributed by atoms with van der Waals surface area (Å²) in [7, 11) is 0. The highest BCUT2D eigenvalue weighted by atomic mass is 16.2. The number of hydrogen-bond acceptors (Lipinski definition) is 2. The van der Waals surface area contributed by atoms with Gasteiger partial charge >= 0.3 is 6.03 Å². The molecular weight excluding hydrogens is 274 g/mol. The summed E-state index contributed by atoms with van der Waals surface area (Å²) in [6.07, 6.45) is 1.07. The van der Waals surface area contributed by atoms with Gasteiger partial charge < -0.3 is 10.2 Å². The van der Waals surface area contributed by atoms with Crippen LogP contribution in [0.1, 0.15) is 37.0 Å². The van der Waals surface area contributed by atoms with Gasteiger partial charge in [-0.25, -0.2) is 4.79 Å². The Morgan fingerprint density at radius 2 is 1.82 bits per heavy atom. The largest absolute Gasteiger partial charge is 0.323 e. The van der Waals surface area contributed by atoms with Crippen molar-refractivity contribution in [2.24, 2.45) is 0 Å². The average molecular weight is 303 g/mol. The molecule has 1 atom stereocenters. The molecule has 1 fully saturated rings. The zero-order chi connectivity index (χ0) is 16.3. The van der Waals surface area contributed by atoms with E-state index in [0.717, 1.165) is 49.4 Å². The normalized spacial score (nSPS) is 18.1. The lowest BCUT2D eigenvalue weighted by Crippen LogP contribution is -2.40. The number of aryl methyl sites for hydroxylation is 3. The summed E-state index contributed by atoms with van der Waals surface area (Å²) < 4.78 is 0. The molecule has 1 aliphatic rings. The number of likely N-dealkylation sites (tertiary alicyclic amines) is 1. The van der Waals surface area contributed by atoms with Gasteiger partial charge in [0.15, 0.2) is 0 Å². The molecule has 22 heavy (non-hydrogen) atoms. The average Bonchev–Trinajstić information content (AvgIpc) is 2.94. The topological polar surface area (TPSA) is 35.6 Å². The van der Waals surface area contributed by atoms with E-state index in [1.54, 1.807) is 0 Å². The van der Waals surface area contributed by atoms with Gasteiger partial charge in [0.1, 0.15) is 0 Å². The summed E-state index contributed by atoms with van der Waals surface area (Å²) >= 11 is 0. The molecule has 1 aromatic carbocycles. The third-order valence-corrected chi connectivity index (χ3v) is 4.69. The van der Waals surface area contributed by atoms with Crippen molar-refractivity contribution >= 4 is 11.7 Å². The van der Waals surface area contributed by atoms with Crippen molar-refractivity contribution in [3.05, 3.63) is 28.8 Å². The van der Waals surface area contributed by atoms with Crippen LogP contribution in [0.15, 0.2) is 12.1 Å². The minimum Gasteiger partial charge on any atom is -0.323 e. The Kier molecular flexibility index (Phi) is 5.46. The number of carbonyl (C=O) groups is 1. The molecule has 4 heteroatoms. The number of likely N-dealkylation sites (N-methyl/N-ethyl adjacent to an activating group) is 1. The highest BCUT2D eigenvalue weighted by Gasteiger charge is 2.29. The predicted octanol–water partition coefficient (Wildman–Crippen LogP) is 3.56. The smallest absolute Gasteiger partial charge is 0.321 e. The molecule has 2 amide bonds. The molecular formula is C18H29N3O. The Balaban J connectivity index is 2.02. The Bertz CT molecular complexity index is 514. The van der Waals surface area contributed by atoms with Crippen molar-refractivity contribution < 1.29 is 4.79 Å². The number of carbonyl (C=O) groups excluding carboxylic acids is 1. The maximum atomic E-state index is 12.5. The second-order valence-electron chi connectivity index (χ2n) is 6.31. The first-order valence-corrected chi connectivity index (χ1v) is 8.34. The van der Waals surface area contributed by atoms with Gasteiger partial charge in [-0.15, -0.1) is 0 Å². The number of anilines is 1. The van der Waals surface area contributed by atoms with Crippen molar-refractivity contribution in [1.82, 2.24) is 9.80 Å². The van der Waals surface area contributed by atoms with Gasteiger partial charge in [0.2, 0.25) is 0 Å². The number of rotatable bonds is 4. The van der Waals surface area contributed by atoms with Crippen molar-refractivity contribution in [2.75, 3.05) is 31.5 Å². The second kappa shape index (κ2) is 7.14. The standard InChI is InChI=1S/C18H29N3O/c1-6-20(7-2)16-8-9-21(12-16)18(22)19-17-14(4)10-13(3)11-15(17)5/h10-11,16H,6-9,12H2,1-5H3,(H,19,22)/t16-/m1/s1. The molecule has 0 unspecified atom stereocenters. The van der Waals surface area contributed by atoms with E-state index < -0.39 is 0 Å². The van der Waals surface area contributed by atoms with E-state index in [4.69, 9.17) is 0 Å². The molecule has 0 aromatic heterocycles. The number of hydrogen-bond donors (Lipinski definition) is 1. The lowest BCUT2D eigenvalue weighted by molar-refractivity contribution is 0.202. The molecule has 0 spiro atoms. The lowest BCUT2D eigenvalue weighted by atomic mass is 10.1. The summed E-state index contributed by atoms with van der Waals surface area (Å²) in [5, 5.41) is 3.11. The number of urea groups is 1. The Labute approximate surface area is 134 Å². The zero-order valence-electron chi connectivity index (χ0n) is 14.6. The van der Waals surface area contributed by atoms with Crippen molar-refractivity contribution in [3.63, 3.8) is 0 Å². The van der Waals surface area contributed by atoms with Crippen LogP contribution in [0.4, 0.5) is 10.5 Å². The third-order valence-electron chi connectivity index (χ3n) is 4.69. The van der Waals surface area contributed by atoms with Crippen LogP contribution in [-0.4, -0.2) is 48.1 Å². The number of nitrogens with zero attached hydrogens (tertiary/aromatic N) is 2. The van der Waals surface area contributed by atoms with E-state index in [2.05, 4.69) is 57.0 Å². The predicted molar refractivity (Wildman–Crippen MR) is 92.6 cm³/mol. The molecule has 1 aliphatic heterocycles. The Morgan fingerprint density at radius 1 is 1.23 bits per heavy atom. The number of nitrogens with one attached hydrogen (secondary N) is 1. The van der Waals surface area contributed by atoms with Crippen LogP contribution in [0, 0.1) is 20.8 Å². The van der Waals surface area contributed by atoms with Crippen LogP contribution in [-0.2, 0) is 0 Å². The first kappa shape index (κ1) is 16.8. The minimum atomic E-state index is 0.0321. The van der Waals surface area contributed by atoms with E-state index in [9.17, 15) is 4.79 Å². The first-order valence-electron chi connectivity index (χ1n) is 8.34. The summed E-state index contributed by atoms with van der Waals surface area (Å²) in [4.78, 5) is 16.9. The molecule has 4 nitrogen and oxygen atoms in total. The van der Waals surface area contributed by atoms with Crippen molar-refractivity contribution in [2.45, 2.75) is 47.1 Å². The fraction of sp³-hybridized carbons (Fsp3) is 0.611. The fourth-order valence-corrected chi connectivity index (χ4v) is 3.53. The van der Waals surface area contributed by atoms with Gasteiger partial charge in [0.25, 0.3) is 0 Å². The molecule has 1 saturated heterocycles. The molecule has 1 N–H and O–H groups in total. The molecule has 0 saturated carbocycles. The van der Waals surface area contributed by atoms with E-state index >= 15 is 0 Å². The van der Waals surface area contributed by atoms with Gasteiger partial charge in [-0.2, -0.15) is 0 Å². The molecule has 1 aromatic rings. The van der Waals surface area contributed by atoms with Crippen molar-refractivity contribution in [1.29, 1.82) is 0 Å². The van der Waals surface area contributed by atoms with Gasteiger partial charge in [-0.3, -0.25) is 4.90 Å². The molecule has 122 valence electrons. The zero-order valence-corrected chi connectivity index (χ0v) is 14.6. The van der Waals surface area contributed by atoms with E-state index in [0.29, 0.717) is 6.04 Å². The molecule has 2 rings (SSSR count). The second-order valence-corrected chi connectivity index (χ2v) is 6.31. The van der Waals surface area contributed by atoms with E-state index in [-0.39, 0.29) is 6.03 Å². The quantitative estimate of drug-likeness (QED) is 0.923. The molecule has 0 bridgehead atoms. The summed E-state index contributed by atoms with van der Waals surface area (Å²) in [6, 6.07) is 4.77. The van der Waals surface area contributed by atoms with Crippen LogP contribution in [0.3, 0.4) is 0 Å². The van der Waals surface area contributed by atoms with Gasteiger partial charge in [0, 0.05) is 24.8 Å². The van der Waals surface area contributed by atoms with Crippen LogP contribution in [0.25, 0.3) is 0 Å². The Hall–Kier alpha value is -1.55. The van der Waals surface area contributed by atoms with Gasteiger partial charge in [-0.05, 0) is 51.4 Å². The summed E-state index contributed by atoms with van der Waals surface area (Å²) in [5.41, 5.74) is 4.45. The SMILES string of the molecule is CCN(CC)[C@@H]1CCN(C(=O)Nc2c(C)cc(C)cc2C)C1. The highest BCUT2D eigenvalue weighted by molar-refractivity contribution is 5.91. The summed E-state index contributed by atoms with van der Waals surface area (Å²) in [6.45, 7) is 14.3. The van der Waals surface area contributed by atoms with Gasteiger partial charge in [-0.1, -0.05) is 31.5 Å². The van der Waals surface area contributed by atoms with E-state index in [1.807, 2.05) is 4.90 Å². The Morgan fingerprint density at radius 3 is 2.36 bits per heavy atom. The first-order chi connectivity index (χ1) is 10.5. The van der Waals surface area contributed by atoms with Crippen LogP contribution < -0.4 is 5.32 Å². The molecule has 0 aliphatic carbocycles. The maximum absolute atomic E-state index is 12.5. The number of benzene rings is 1.